The molecule has 2 aromatic rings. The van der Waals surface area contributed by atoms with Gasteiger partial charge in [-0.05, 0) is 52.3 Å². The first kappa shape index (κ1) is 22.5. The van der Waals surface area contributed by atoms with Gasteiger partial charge in [0.25, 0.3) is 11.8 Å². The van der Waals surface area contributed by atoms with Gasteiger partial charge in [-0.3, -0.25) is 9.59 Å². The van der Waals surface area contributed by atoms with Gasteiger partial charge in [0, 0.05) is 18.3 Å². The molecule has 2 amide bonds. The zero-order chi connectivity index (χ0) is 21.8. The monoisotopic (exact) mass is 396 g/mol. The summed E-state index contributed by atoms with van der Waals surface area (Å²) in [4.78, 5) is 23.9. The SMILES string of the molecule is CNC(=O)c1ccc(NC(=O)COc2ccc(C(C)(C)C)cc2C(C)(C)C)cc1. The molecule has 0 aliphatic carbocycles. The third-order valence-corrected chi connectivity index (χ3v) is 4.67. The Labute approximate surface area is 173 Å². The number of hydrogen-bond donors (Lipinski definition) is 2. The van der Waals surface area contributed by atoms with Crippen LogP contribution in [-0.2, 0) is 15.6 Å². The summed E-state index contributed by atoms with van der Waals surface area (Å²) in [6, 6.07) is 12.9. The van der Waals surface area contributed by atoms with Gasteiger partial charge in [-0.1, -0.05) is 53.7 Å². The van der Waals surface area contributed by atoms with Crippen molar-refractivity contribution in [3.63, 3.8) is 0 Å². The molecule has 2 rings (SSSR count). The van der Waals surface area contributed by atoms with Crippen molar-refractivity contribution in [1.82, 2.24) is 5.32 Å². The lowest BCUT2D eigenvalue weighted by atomic mass is 9.80. The van der Waals surface area contributed by atoms with Crippen LogP contribution in [0.3, 0.4) is 0 Å². The molecule has 2 N–H and O–H groups in total. The van der Waals surface area contributed by atoms with Gasteiger partial charge in [-0.15, -0.1) is 0 Å². The van der Waals surface area contributed by atoms with E-state index in [-0.39, 0.29) is 29.3 Å². The van der Waals surface area contributed by atoms with Crippen LogP contribution < -0.4 is 15.4 Å². The molecule has 0 bridgehead atoms. The number of amides is 2. The smallest absolute Gasteiger partial charge is 0.262 e. The van der Waals surface area contributed by atoms with E-state index >= 15 is 0 Å². The van der Waals surface area contributed by atoms with E-state index in [0.717, 1.165) is 11.3 Å². The van der Waals surface area contributed by atoms with E-state index in [4.69, 9.17) is 4.74 Å². The number of benzene rings is 2. The Balaban J connectivity index is 2.08. The average molecular weight is 397 g/mol. The zero-order valence-corrected chi connectivity index (χ0v) is 18.5. The number of carbonyl (C=O) groups excluding carboxylic acids is 2. The second-order valence-corrected chi connectivity index (χ2v) is 9.20. The van der Waals surface area contributed by atoms with Crippen molar-refractivity contribution in [2.75, 3.05) is 19.0 Å². The summed E-state index contributed by atoms with van der Waals surface area (Å²) in [5.74, 6) is 0.299. The van der Waals surface area contributed by atoms with Gasteiger partial charge in [0.1, 0.15) is 5.75 Å². The predicted octanol–water partition coefficient (Wildman–Crippen LogP) is 4.66. The van der Waals surface area contributed by atoms with Crippen molar-refractivity contribution in [3.8, 4) is 5.75 Å². The van der Waals surface area contributed by atoms with Crippen LogP contribution in [0.4, 0.5) is 5.69 Å². The topological polar surface area (TPSA) is 67.4 Å². The van der Waals surface area contributed by atoms with Crippen LogP contribution in [0.5, 0.6) is 5.75 Å². The maximum Gasteiger partial charge on any atom is 0.262 e. The minimum atomic E-state index is -0.252. The third kappa shape index (κ3) is 6.08. The molecular formula is C24H32N2O3. The fraction of sp³-hybridized carbons (Fsp3) is 0.417. The van der Waals surface area contributed by atoms with Crippen LogP contribution in [0.15, 0.2) is 42.5 Å². The molecule has 0 aromatic heterocycles. The molecule has 0 aliphatic rings. The van der Waals surface area contributed by atoms with E-state index in [1.807, 2.05) is 6.07 Å². The summed E-state index contributed by atoms with van der Waals surface area (Å²) >= 11 is 0. The first-order chi connectivity index (χ1) is 13.4. The quantitative estimate of drug-likeness (QED) is 0.772. The van der Waals surface area contributed by atoms with Crippen LogP contribution in [-0.4, -0.2) is 25.5 Å². The lowest BCUT2D eigenvalue weighted by Crippen LogP contribution is -2.23. The van der Waals surface area contributed by atoms with Crippen LogP contribution in [0.1, 0.15) is 63.0 Å². The molecule has 0 radical (unpaired) electrons. The second kappa shape index (κ2) is 8.68. The van der Waals surface area contributed by atoms with Crippen LogP contribution >= 0.6 is 0 Å². The number of anilines is 1. The molecule has 0 unspecified atom stereocenters. The zero-order valence-electron chi connectivity index (χ0n) is 18.5. The van der Waals surface area contributed by atoms with Crippen molar-refractivity contribution in [3.05, 3.63) is 59.2 Å². The highest BCUT2D eigenvalue weighted by Crippen LogP contribution is 2.35. The Morgan fingerprint density at radius 3 is 2.03 bits per heavy atom. The van der Waals surface area contributed by atoms with E-state index in [9.17, 15) is 9.59 Å². The van der Waals surface area contributed by atoms with Gasteiger partial charge < -0.3 is 15.4 Å². The molecule has 29 heavy (non-hydrogen) atoms. The Hall–Kier alpha value is -2.82. The number of rotatable bonds is 5. The third-order valence-electron chi connectivity index (χ3n) is 4.67. The van der Waals surface area contributed by atoms with Crippen molar-refractivity contribution >= 4 is 17.5 Å². The first-order valence-electron chi connectivity index (χ1n) is 9.81. The second-order valence-electron chi connectivity index (χ2n) is 9.20. The number of nitrogens with one attached hydrogen (secondary N) is 2. The fourth-order valence-electron chi connectivity index (χ4n) is 2.90. The molecule has 5 heteroatoms. The summed E-state index contributed by atoms with van der Waals surface area (Å²) in [7, 11) is 1.58. The normalized spacial score (nSPS) is 11.7. The van der Waals surface area contributed by atoms with Gasteiger partial charge >= 0.3 is 0 Å². The summed E-state index contributed by atoms with van der Waals surface area (Å²) < 4.78 is 5.87. The highest BCUT2D eigenvalue weighted by atomic mass is 16.5. The van der Waals surface area contributed by atoms with Crippen LogP contribution in [0, 0.1) is 0 Å². The minimum Gasteiger partial charge on any atom is -0.483 e. The maximum atomic E-state index is 12.3. The highest BCUT2D eigenvalue weighted by molar-refractivity contribution is 5.95. The standard InChI is InChI=1S/C24H32N2O3/c1-23(2,3)17-10-13-20(19(14-17)24(4,5)6)29-15-21(27)26-18-11-8-16(9-12-18)22(28)25-7/h8-14H,15H2,1-7H3,(H,25,28)(H,26,27). The van der Waals surface area contributed by atoms with Gasteiger partial charge in [0.05, 0.1) is 0 Å². The van der Waals surface area contributed by atoms with E-state index < -0.39 is 0 Å². The lowest BCUT2D eigenvalue weighted by Gasteiger charge is -2.27. The molecule has 2 aromatic carbocycles. The molecule has 5 nitrogen and oxygen atoms in total. The number of carbonyl (C=O) groups is 2. The van der Waals surface area contributed by atoms with Crippen molar-refractivity contribution in [2.24, 2.45) is 0 Å². The largest absolute Gasteiger partial charge is 0.483 e. The highest BCUT2D eigenvalue weighted by Gasteiger charge is 2.23. The number of ether oxygens (including phenoxy) is 1. The predicted molar refractivity (Wildman–Crippen MR) is 118 cm³/mol. The van der Waals surface area contributed by atoms with Crippen LogP contribution in [0.2, 0.25) is 0 Å². The summed E-state index contributed by atoms with van der Waals surface area (Å²) in [6.07, 6.45) is 0. The lowest BCUT2D eigenvalue weighted by molar-refractivity contribution is -0.118. The Morgan fingerprint density at radius 2 is 1.52 bits per heavy atom. The Morgan fingerprint density at radius 1 is 0.897 bits per heavy atom. The Bertz CT molecular complexity index is 872. The summed E-state index contributed by atoms with van der Waals surface area (Å²) in [5, 5.41) is 5.36. The summed E-state index contributed by atoms with van der Waals surface area (Å²) in [5.41, 5.74) is 3.39. The molecule has 0 spiro atoms. The van der Waals surface area contributed by atoms with Gasteiger partial charge in [-0.2, -0.15) is 0 Å². The molecular weight excluding hydrogens is 364 g/mol. The van der Waals surface area contributed by atoms with E-state index in [2.05, 4.69) is 64.3 Å². The van der Waals surface area contributed by atoms with Crippen LogP contribution in [0.25, 0.3) is 0 Å². The van der Waals surface area contributed by atoms with E-state index in [0.29, 0.717) is 11.3 Å². The molecule has 0 saturated heterocycles. The molecule has 156 valence electrons. The first-order valence-corrected chi connectivity index (χ1v) is 9.81. The van der Waals surface area contributed by atoms with E-state index in [1.54, 1.807) is 31.3 Å². The fourth-order valence-corrected chi connectivity index (χ4v) is 2.90. The molecule has 0 heterocycles. The molecule has 0 atom stereocenters. The number of hydrogen-bond acceptors (Lipinski definition) is 3. The summed E-state index contributed by atoms with van der Waals surface area (Å²) in [6.45, 7) is 12.9. The van der Waals surface area contributed by atoms with Gasteiger partial charge in [0.2, 0.25) is 0 Å². The van der Waals surface area contributed by atoms with Crippen molar-refractivity contribution in [2.45, 2.75) is 52.4 Å². The molecule has 0 fully saturated rings. The average Bonchev–Trinajstić information content (AvgIpc) is 2.64. The molecule has 0 aliphatic heterocycles. The molecule has 0 saturated carbocycles. The van der Waals surface area contributed by atoms with Gasteiger partial charge in [0.15, 0.2) is 6.61 Å². The maximum absolute atomic E-state index is 12.3. The Kier molecular flexibility index (Phi) is 6.73. The minimum absolute atomic E-state index is 0.0384. The van der Waals surface area contributed by atoms with Crippen molar-refractivity contribution < 1.29 is 14.3 Å². The van der Waals surface area contributed by atoms with E-state index in [1.165, 1.54) is 5.56 Å². The van der Waals surface area contributed by atoms with Crippen molar-refractivity contribution in [1.29, 1.82) is 0 Å². The van der Waals surface area contributed by atoms with Gasteiger partial charge in [-0.25, -0.2) is 0 Å².